The molecule has 0 radical (unpaired) electrons. The molecule has 1 aromatic heterocycles. The van der Waals surface area contributed by atoms with E-state index in [4.69, 9.17) is 11.6 Å². The first-order valence-corrected chi connectivity index (χ1v) is 8.29. The highest BCUT2D eigenvalue weighted by Crippen LogP contribution is 2.27. The quantitative estimate of drug-likeness (QED) is 0.794. The largest absolute Gasteiger partial charge is 0.378 e. The van der Waals surface area contributed by atoms with Gasteiger partial charge in [0.15, 0.2) is 5.15 Å². The first-order chi connectivity index (χ1) is 10.2. The molecule has 2 heterocycles. The number of nitrogens with one attached hydrogen (secondary N) is 1. The summed E-state index contributed by atoms with van der Waals surface area (Å²) < 4.78 is 0.919. The molecule has 0 saturated carbocycles. The van der Waals surface area contributed by atoms with Crippen molar-refractivity contribution in [1.82, 2.24) is 4.98 Å². The van der Waals surface area contributed by atoms with E-state index in [9.17, 15) is 0 Å². The van der Waals surface area contributed by atoms with Crippen LogP contribution in [0, 0.1) is 0 Å². The maximum absolute atomic E-state index is 6.12. The van der Waals surface area contributed by atoms with Gasteiger partial charge in [-0.25, -0.2) is 4.98 Å². The van der Waals surface area contributed by atoms with Crippen LogP contribution in [0.1, 0.15) is 18.4 Å². The van der Waals surface area contributed by atoms with Gasteiger partial charge in [0.2, 0.25) is 0 Å². The summed E-state index contributed by atoms with van der Waals surface area (Å²) in [5.74, 6) is 0. The first-order valence-electron chi connectivity index (χ1n) is 7.12. The minimum Gasteiger partial charge on any atom is -0.378 e. The summed E-state index contributed by atoms with van der Waals surface area (Å²) in [7, 11) is 0. The number of nitrogens with zero attached hydrogens (tertiary/aromatic N) is 2. The molecule has 1 fully saturated rings. The van der Waals surface area contributed by atoms with Crippen LogP contribution in [0.4, 0.5) is 11.4 Å². The molecule has 2 aromatic rings. The topological polar surface area (TPSA) is 28.2 Å². The fourth-order valence-corrected chi connectivity index (χ4v) is 3.17. The molecular weight excluding hydrogens is 350 g/mol. The normalized spacial score (nSPS) is 14.5. The molecule has 1 aromatic carbocycles. The highest BCUT2D eigenvalue weighted by molar-refractivity contribution is 9.10. The van der Waals surface area contributed by atoms with Crippen molar-refractivity contribution in [2.75, 3.05) is 23.3 Å². The van der Waals surface area contributed by atoms with Crippen LogP contribution in [-0.2, 0) is 6.54 Å². The standard InChI is InChI=1S/C16H17BrClN3/c17-13-9-14(16(18)20-11-13)19-10-12-5-1-2-6-15(12)21-7-3-4-8-21/h1-2,5-6,9,11,19H,3-4,7-8,10H2. The number of anilines is 2. The van der Waals surface area contributed by atoms with Gasteiger partial charge in [-0.05, 0) is 46.5 Å². The Balaban J connectivity index is 1.77. The average Bonchev–Trinajstić information content (AvgIpc) is 3.03. The van der Waals surface area contributed by atoms with Gasteiger partial charge in [0.05, 0.1) is 5.69 Å². The predicted molar refractivity (Wildman–Crippen MR) is 92.2 cm³/mol. The van der Waals surface area contributed by atoms with E-state index < -0.39 is 0 Å². The highest BCUT2D eigenvalue weighted by atomic mass is 79.9. The smallest absolute Gasteiger partial charge is 0.152 e. The van der Waals surface area contributed by atoms with E-state index in [1.807, 2.05) is 6.07 Å². The number of para-hydroxylation sites is 1. The predicted octanol–water partition coefficient (Wildman–Crippen LogP) is 4.71. The van der Waals surface area contributed by atoms with Gasteiger partial charge in [0.25, 0.3) is 0 Å². The van der Waals surface area contributed by atoms with Crippen molar-refractivity contribution >= 4 is 38.9 Å². The Labute approximate surface area is 138 Å². The summed E-state index contributed by atoms with van der Waals surface area (Å²) in [5, 5.41) is 3.88. The Morgan fingerprint density at radius 2 is 2.00 bits per heavy atom. The lowest BCUT2D eigenvalue weighted by molar-refractivity contribution is 0.949. The molecule has 1 aliphatic heterocycles. The Hall–Kier alpha value is -1.26. The van der Waals surface area contributed by atoms with E-state index in [1.54, 1.807) is 6.20 Å². The summed E-state index contributed by atoms with van der Waals surface area (Å²) in [4.78, 5) is 6.59. The molecule has 21 heavy (non-hydrogen) atoms. The fraction of sp³-hybridized carbons (Fsp3) is 0.312. The van der Waals surface area contributed by atoms with Gasteiger partial charge < -0.3 is 10.2 Å². The van der Waals surface area contributed by atoms with E-state index in [-0.39, 0.29) is 0 Å². The van der Waals surface area contributed by atoms with Crippen LogP contribution in [0.3, 0.4) is 0 Å². The molecule has 3 rings (SSSR count). The van der Waals surface area contributed by atoms with Crippen LogP contribution in [0.15, 0.2) is 41.0 Å². The van der Waals surface area contributed by atoms with Crippen LogP contribution >= 0.6 is 27.5 Å². The molecule has 1 saturated heterocycles. The second-order valence-electron chi connectivity index (χ2n) is 5.17. The molecule has 1 N–H and O–H groups in total. The second kappa shape index (κ2) is 6.67. The summed E-state index contributed by atoms with van der Waals surface area (Å²) in [5.41, 5.74) is 3.46. The van der Waals surface area contributed by atoms with Crippen molar-refractivity contribution in [2.45, 2.75) is 19.4 Å². The lowest BCUT2D eigenvalue weighted by atomic mass is 10.1. The molecule has 110 valence electrons. The fourth-order valence-electron chi connectivity index (χ4n) is 2.66. The average molecular weight is 367 g/mol. The summed E-state index contributed by atoms with van der Waals surface area (Å²) >= 11 is 9.55. The van der Waals surface area contributed by atoms with Crippen molar-refractivity contribution in [3.05, 3.63) is 51.7 Å². The monoisotopic (exact) mass is 365 g/mol. The summed E-state index contributed by atoms with van der Waals surface area (Å²) in [6.45, 7) is 3.04. The van der Waals surface area contributed by atoms with Gasteiger partial charge in [-0.2, -0.15) is 0 Å². The van der Waals surface area contributed by atoms with Crippen LogP contribution in [0.2, 0.25) is 5.15 Å². The molecule has 0 atom stereocenters. The van der Waals surface area contributed by atoms with Gasteiger partial charge in [0, 0.05) is 36.0 Å². The third-order valence-electron chi connectivity index (χ3n) is 3.71. The Kier molecular flexibility index (Phi) is 4.66. The van der Waals surface area contributed by atoms with E-state index >= 15 is 0 Å². The summed E-state index contributed by atoms with van der Waals surface area (Å²) in [6.07, 6.45) is 4.26. The van der Waals surface area contributed by atoms with Crippen molar-refractivity contribution in [1.29, 1.82) is 0 Å². The van der Waals surface area contributed by atoms with Crippen molar-refractivity contribution < 1.29 is 0 Å². The molecule has 5 heteroatoms. The Morgan fingerprint density at radius 1 is 1.24 bits per heavy atom. The molecule has 0 amide bonds. The number of halogens is 2. The molecule has 3 nitrogen and oxygen atoms in total. The van der Waals surface area contributed by atoms with Crippen LogP contribution in [0.5, 0.6) is 0 Å². The number of rotatable bonds is 4. The lowest BCUT2D eigenvalue weighted by Crippen LogP contribution is -2.20. The number of hydrogen-bond acceptors (Lipinski definition) is 3. The number of hydrogen-bond donors (Lipinski definition) is 1. The zero-order chi connectivity index (χ0) is 14.7. The molecule has 0 aliphatic carbocycles. The highest BCUT2D eigenvalue weighted by Gasteiger charge is 2.15. The molecule has 0 bridgehead atoms. The van der Waals surface area contributed by atoms with E-state index in [0.717, 1.165) is 29.8 Å². The van der Waals surface area contributed by atoms with Crippen molar-refractivity contribution in [3.63, 3.8) is 0 Å². The maximum Gasteiger partial charge on any atom is 0.152 e. The summed E-state index contributed by atoms with van der Waals surface area (Å²) in [6, 6.07) is 10.5. The lowest BCUT2D eigenvalue weighted by Gasteiger charge is -2.21. The van der Waals surface area contributed by atoms with Crippen molar-refractivity contribution in [3.8, 4) is 0 Å². The van der Waals surface area contributed by atoms with Gasteiger partial charge in [-0.15, -0.1) is 0 Å². The van der Waals surface area contributed by atoms with Gasteiger partial charge in [0.1, 0.15) is 0 Å². The van der Waals surface area contributed by atoms with E-state index in [0.29, 0.717) is 5.15 Å². The van der Waals surface area contributed by atoms with Crippen LogP contribution in [0.25, 0.3) is 0 Å². The van der Waals surface area contributed by atoms with Crippen molar-refractivity contribution in [2.24, 2.45) is 0 Å². The number of pyridine rings is 1. The van der Waals surface area contributed by atoms with Gasteiger partial charge in [-0.1, -0.05) is 29.8 Å². The van der Waals surface area contributed by atoms with E-state index in [2.05, 4.69) is 55.4 Å². The Bertz CT molecular complexity index is 627. The van der Waals surface area contributed by atoms with E-state index in [1.165, 1.54) is 24.1 Å². The Morgan fingerprint density at radius 3 is 2.81 bits per heavy atom. The number of benzene rings is 1. The minimum absolute atomic E-state index is 0.497. The first kappa shape index (κ1) is 14.7. The third-order valence-corrected chi connectivity index (χ3v) is 4.45. The minimum atomic E-state index is 0.497. The molecule has 0 spiro atoms. The molecule has 0 unspecified atom stereocenters. The third kappa shape index (κ3) is 3.50. The molecular formula is C16H17BrClN3. The zero-order valence-corrected chi connectivity index (χ0v) is 14.0. The van der Waals surface area contributed by atoms with Crippen LogP contribution in [-0.4, -0.2) is 18.1 Å². The SMILES string of the molecule is Clc1ncc(Br)cc1NCc1ccccc1N1CCCC1. The second-order valence-corrected chi connectivity index (χ2v) is 6.44. The molecule has 1 aliphatic rings. The van der Waals surface area contributed by atoms with Gasteiger partial charge >= 0.3 is 0 Å². The maximum atomic E-state index is 6.12. The zero-order valence-electron chi connectivity index (χ0n) is 11.6. The van der Waals surface area contributed by atoms with Crippen LogP contribution < -0.4 is 10.2 Å². The van der Waals surface area contributed by atoms with Gasteiger partial charge in [-0.3, -0.25) is 0 Å². The number of aromatic nitrogens is 1.